The SMILES string of the molecule is COc1ccc(C(=O)CCc2ccc([N+](C)(C)C)cc2)cc1OC.[Br-]. The van der Waals surface area contributed by atoms with Crippen LogP contribution in [0.25, 0.3) is 0 Å². The lowest BCUT2D eigenvalue weighted by atomic mass is 10.0. The number of carbonyl (C=O) groups is 1. The van der Waals surface area contributed by atoms with Crippen molar-refractivity contribution in [2.75, 3.05) is 35.4 Å². The van der Waals surface area contributed by atoms with Crippen molar-refractivity contribution in [3.8, 4) is 11.5 Å². The molecule has 0 amide bonds. The third-order valence-electron chi connectivity index (χ3n) is 4.06. The largest absolute Gasteiger partial charge is 1.00 e. The minimum absolute atomic E-state index is 0. The molecule has 0 saturated carbocycles. The molecule has 5 heteroatoms. The van der Waals surface area contributed by atoms with Crippen LogP contribution < -0.4 is 30.9 Å². The predicted molar refractivity (Wildman–Crippen MR) is 98.2 cm³/mol. The molecule has 0 aliphatic heterocycles. The maximum atomic E-state index is 12.4. The molecule has 0 aliphatic rings. The van der Waals surface area contributed by atoms with Gasteiger partial charge in [-0.3, -0.25) is 9.28 Å². The van der Waals surface area contributed by atoms with Crippen LogP contribution in [-0.4, -0.2) is 41.1 Å². The number of ether oxygens (including phenoxy) is 2. The van der Waals surface area contributed by atoms with E-state index in [-0.39, 0.29) is 22.8 Å². The second-order valence-electron chi connectivity index (χ2n) is 6.67. The Hall–Kier alpha value is -1.85. The van der Waals surface area contributed by atoms with Crippen molar-refractivity contribution in [1.29, 1.82) is 0 Å². The number of carbonyl (C=O) groups excluding carboxylic acids is 1. The van der Waals surface area contributed by atoms with E-state index >= 15 is 0 Å². The summed E-state index contributed by atoms with van der Waals surface area (Å²) < 4.78 is 11.2. The molecule has 0 aliphatic carbocycles. The van der Waals surface area contributed by atoms with Gasteiger partial charge in [-0.05, 0) is 42.3 Å². The minimum Gasteiger partial charge on any atom is -1.00 e. The quantitative estimate of drug-likeness (QED) is 0.501. The molecular weight excluding hydrogens is 382 g/mol. The molecule has 0 radical (unpaired) electrons. The molecular formula is C20H26BrNO3. The Bertz CT molecular complexity index is 706. The third-order valence-corrected chi connectivity index (χ3v) is 4.06. The number of hydrogen-bond acceptors (Lipinski definition) is 3. The van der Waals surface area contributed by atoms with Gasteiger partial charge in [-0.2, -0.15) is 0 Å². The van der Waals surface area contributed by atoms with Crippen LogP contribution >= 0.6 is 0 Å². The molecule has 2 aromatic rings. The first-order valence-electron chi connectivity index (χ1n) is 8.01. The lowest BCUT2D eigenvalue weighted by Crippen LogP contribution is -3.00. The first-order chi connectivity index (χ1) is 11.3. The summed E-state index contributed by atoms with van der Waals surface area (Å²) in [6.07, 6.45) is 1.20. The van der Waals surface area contributed by atoms with E-state index in [4.69, 9.17) is 9.47 Å². The van der Waals surface area contributed by atoms with E-state index in [0.717, 1.165) is 10.9 Å². The van der Waals surface area contributed by atoms with Crippen LogP contribution in [0.5, 0.6) is 11.5 Å². The molecule has 0 unspecified atom stereocenters. The summed E-state index contributed by atoms with van der Waals surface area (Å²) in [5.41, 5.74) is 3.06. The fourth-order valence-electron chi connectivity index (χ4n) is 2.52. The van der Waals surface area contributed by atoms with Crippen LogP contribution in [0.1, 0.15) is 22.3 Å². The van der Waals surface area contributed by atoms with Crippen LogP contribution in [0, 0.1) is 0 Å². The van der Waals surface area contributed by atoms with Gasteiger partial charge in [0.2, 0.25) is 0 Å². The van der Waals surface area contributed by atoms with E-state index in [0.29, 0.717) is 23.5 Å². The average Bonchev–Trinajstić information content (AvgIpc) is 2.58. The molecule has 0 aromatic heterocycles. The summed E-state index contributed by atoms with van der Waals surface area (Å²) in [5, 5.41) is 0. The number of methoxy groups -OCH3 is 2. The van der Waals surface area contributed by atoms with Gasteiger partial charge in [0.1, 0.15) is 5.69 Å². The van der Waals surface area contributed by atoms with Gasteiger partial charge in [-0.15, -0.1) is 0 Å². The molecule has 136 valence electrons. The van der Waals surface area contributed by atoms with Gasteiger partial charge >= 0.3 is 0 Å². The molecule has 0 N–H and O–H groups in total. The standard InChI is InChI=1S/C20H26NO3.BrH/c1-21(2,3)17-10-6-15(7-11-17)8-12-18(22)16-9-13-19(23-4)20(14-16)24-5;/h6-7,9-11,13-14H,8,12H2,1-5H3;1H/q+1;/p-1. The second-order valence-corrected chi connectivity index (χ2v) is 6.67. The number of ketones is 1. The van der Waals surface area contributed by atoms with Gasteiger partial charge in [0.15, 0.2) is 17.3 Å². The van der Waals surface area contributed by atoms with Crippen molar-refractivity contribution >= 4 is 11.5 Å². The number of halogens is 1. The Morgan fingerprint density at radius 3 is 2.04 bits per heavy atom. The number of quaternary nitrogens is 1. The highest BCUT2D eigenvalue weighted by Gasteiger charge is 2.13. The molecule has 4 nitrogen and oxygen atoms in total. The van der Waals surface area contributed by atoms with E-state index in [1.807, 2.05) is 0 Å². The Kier molecular flexibility index (Phi) is 7.64. The maximum Gasteiger partial charge on any atom is 0.163 e. The Balaban J connectivity index is 0.00000312. The number of rotatable bonds is 7. The molecule has 0 atom stereocenters. The van der Waals surface area contributed by atoms with Gasteiger partial charge in [0, 0.05) is 12.0 Å². The fraction of sp³-hybridized carbons (Fsp3) is 0.350. The topological polar surface area (TPSA) is 35.5 Å². The Morgan fingerprint density at radius 1 is 0.920 bits per heavy atom. The number of aryl methyl sites for hydroxylation is 1. The van der Waals surface area contributed by atoms with E-state index in [2.05, 4.69) is 45.4 Å². The van der Waals surface area contributed by atoms with Crippen molar-refractivity contribution < 1.29 is 31.2 Å². The van der Waals surface area contributed by atoms with Crippen molar-refractivity contribution in [3.05, 3.63) is 53.6 Å². The van der Waals surface area contributed by atoms with Crippen LogP contribution in [0.4, 0.5) is 5.69 Å². The summed E-state index contributed by atoms with van der Waals surface area (Å²) in [7, 11) is 9.56. The smallest absolute Gasteiger partial charge is 0.163 e. The Morgan fingerprint density at radius 2 is 1.52 bits per heavy atom. The highest BCUT2D eigenvalue weighted by molar-refractivity contribution is 5.96. The highest BCUT2D eigenvalue weighted by atomic mass is 79.9. The molecule has 0 spiro atoms. The summed E-state index contributed by atoms with van der Waals surface area (Å²) in [5.74, 6) is 1.31. The maximum absolute atomic E-state index is 12.4. The molecule has 0 saturated heterocycles. The van der Waals surface area contributed by atoms with E-state index in [9.17, 15) is 4.79 Å². The highest BCUT2D eigenvalue weighted by Crippen LogP contribution is 2.28. The van der Waals surface area contributed by atoms with Gasteiger partial charge in [0.25, 0.3) is 0 Å². The van der Waals surface area contributed by atoms with Gasteiger partial charge < -0.3 is 26.5 Å². The molecule has 25 heavy (non-hydrogen) atoms. The second kappa shape index (κ2) is 9.02. The zero-order chi connectivity index (χ0) is 17.7. The summed E-state index contributed by atoms with van der Waals surface area (Å²) in [6, 6.07) is 13.7. The van der Waals surface area contributed by atoms with E-state index in [1.54, 1.807) is 32.4 Å². The van der Waals surface area contributed by atoms with Gasteiger partial charge in [-0.25, -0.2) is 0 Å². The van der Waals surface area contributed by atoms with E-state index < -0.39 is 0 Å². The lowest BCUT2D eigenvalue weighted by Gasteiger charge is -2.23. The van der Waals surface area contributed by atoms with Crippen molar-refractivity contribution in [2.24, 2.45) is 0 Å². The summed E-state index contributed by atoms with van der Waals surface area (Å²) in [6.45, 7) is 0. The van der Waals surface area contributed by atoms with Crippen LogP contribution in [0.2, 0.25) is 0 Å². The predicted octanol–water partition coefficient (Wildman–Crippen LogP) is 0.720. The zero-order valence-corrected chi connectivity index (χ0v) is 17.1. The number of benzene rings is 2. The van der Waals surface area contributed by atoms with Gasteiger partial charge in [0.05, 0.1) is 35.4 Å². The molecule has 2 aromatic carbocycles. The molecule has 0 fully saturated rings. The van der Waals surface area contributed by atoms with Gasteiger partial charge in [-0.1, -0.05) is 12.1 Å². The third kappa shape index (κ3) is 5.58. The number of hydrogen-bond donors (Lipinski definition) is 0. The Labute approximate surface area is 160 Å². The minimum atomic E-state index is 0. The summed E-state index contributed by atoms with van der Waals surface area (Å²) in [4.78, 5) is 12.4. The van der Waals surface area contributed by atoms with Crippen LogP contribution in [0.15, 0.2) is 42.5 Å². The van der Waals surface area contributed by atoms with Crippen LogP contribution in [0.3, 0.4) is 0 Å². The average molecular weight is 408 g/mol. The monoisotopic (exact) mass is 407 g/mol. The van der Waals surface area contributed by atoms with E-state index in [1.165, 1.54) is 11.3 Å². The first-order valence-corrected chi connectivity index (χ1v) is 8.01. The fourth-order valence-corrected chi connectivity index (χ4v) is 2.52. The van der Waals surface area contributed by atoms with Crippen molar-refractivity contribution in [1.82, 2.24) is 4.48 Å². The van der Waals surface area contributed by atoms with Crippen LogP contribution in [-0.2, 0) is 6.42 Å². The first kappa shape index (κ1) is 21.2. The molecule has 0 heterocycles. The lowest BCUT2D eigenvalue weighted by molar-refractivity contribution is -0.0000135. The van der Waals surface area contributed by atoms with Crippen molar-refractivity contribution in [2.45, 2.75) is 12.8 Å². The molecule has 2 rings (SSSR count). The normalized spacial score (nSPS) is 10.8. The zero-order valence-electron chi connectivity index (χ0n) is 15.5. The number of Topliss-reactive ketones (excluding diaryl/α,β-unsaturated/α-hetero) is 1. The number of nitrogens with zero attached hydrogens (tertiary/aromatic N) is 1. The van der Waals surface area contributed by atoms with Crippen molar-refractivity contribution in [3.63, 3.8) is 0 Å². The summed E-state index contributed by atoms with van der Waals surface area (Å²) >= 11 is 0. The molecule has 0 bridgehead atoms.